The molecule has 118 valence electrons. The zero-order valence-corrected chi connectivity index (χ0v) is 12.8. The lowest BCUT2D eigenvalue weighted by Gasteiger charge is -2.03. The van der Waals surface area contributed by atoms with Gasteiger partial charge < -0.3 is 8.98 Å². The Hall–Kier alpha value is -3.39. The maximum Gasteiger partial charge on any atom is 0.265 e. The normalized spacial score (nSPS) is 10.3. The minimum Gasteiger partial charge on any atom is -0.439 e. The van der Waals surface area contributed by atoms with E-state index in [4.69, 9.17) is 10.8 Å². The van der Waals surface area contributed by atoms with E-state index in [1.807, 2.05) is 30.3 Å². The lowest BCUT2D eigenvalue weighted by Crippen LogP contribution is -2.23. The van der Waals surface area contributed by atoms with Crippen LogP contribution in [0.3, 0.4) is 0 Å². The van der Waals surface area contributed by atoms with Crippen LogP contribution in [0.2, 0.25) is 0 Å². The fraction of sp³-hybridized carbons (Fsp3) is 0.105. The van der Waals surface area contributed by atoms with Gasteiger partial charge in [0.25, 0.3) is 11.4 Å². The molecule has 2 heterocycles. The first-order valence-corrected chi connectivity index (χ1v) is 7.34. The number of benzene rings is 1. The lowest BCUT2D eigenvalue weighted by atomic mass is 10.1. The molecule has 0 aliphatic heterocycles. The topological polar surface area (TPSA) is 65.1 Å². The molecule has 5 nitrogen and oxygen atoms in total. The molecular formula is C19H14N2O3. The zero-order chi connectivity index (χ0) is 16.9. The molecule has 3 aromatic rings. The van der Waals surface area contributed by atoms with Crippen molar-refractivity contribution in [3.63, 3.8) is 0 Å². The summed E-state index contributed by atoms with van der Waals surface area (Å²) < 4.78 is 6.75. The number of hydrogen-bond donors (Lipinski definition) is 0. The average molecular weight is 318 g/mol. The van der Waals surface area contributed by atoms with Crippen LogP contribution < -0.4 is 5.56 Å². The molecule has 0 atom stereocenters. The molecule has 3 rings (SSSR count). The lowest BCUT2D eigenvalue weighted by molar-refractivity contribution is 0.0935. The van der Waals surface area contributed by atoms with E-state index < -0.39 is 0 Å². The maximum absolute atomic E-state index is 12.3. The van der Waals surface area contributed by atoms with Gasteiger partial charge in [0.2, 0.25) is 5.78 Å². The highest BCUT2D eigenvalue weighted by Crippen LogP contribution is 2.11. The summed E-state index contributed by atoms with van der Waals surface area (Å²) in [7, 11) is 0. The summed E-state index contributed by atoms with van der Waals surface area (Å²) >= 11 is 0. The second kappa shape index (κ2) is 6.80. The molecule has 0 radical (unpaired) electrons. The fourth-order valence-corrected chi connectivity index (χ4v) is 2.28. The molecular weight excluding hydrogens is 304 g/mol. The van der Waals surface area contributed by atoms with E-state index in [9.17, 15) is 9.59 Å². The van der Waals surface area contributed by atoms with Crippen molar-refractivity contribution in [2.45, 2.75) is 13.0 Å². The highest BCUT2D eigenvalue weighted by molar-refractivity contribution is 5.91. The van der Waals surface area contributed by atoms with Gasteiger partial charge >= 0.3 is 0 Å². The van der Waals surface area contributed by atoms with Gasteiger partial charge in [0, 0.05) is 24.2 Å². The Morgan fingerprint density at radius 2 is 2.00 bits per heavy atom. The molecule has 0 aliphatic rings. The number of rotatable bonds is 5. The first-order valence-electron chi connectivity index (χ1n) is 7.34. The first kappa shape index (κ1) is 15.5. The molecule has 0 saturated carbocycles. The smallest absolute Gasteiger partial charge is 0.265 e. The maximum atomic E-state index is 12.3. The summed E-state index contributed by atoms with van der Waals surface area (Å²) in [5.74, 6) is 2.62. The number of pyridine rings is 1. The van der Waals surface area contributed by atoms with E-state index in [0.29, 0.717) is 17.7 Å². The quantitative estimate of drug-likeness (QED) is 0.535. The predicted octanol–water partition coefficient (Wildman–Crippen LogP) is 2.29. The van der Waals surface area contributed by atoms with Crippen molar-refractivity contribution in [3.8, 4) is 12.3 Å². The van der Waals surface area contributed by atoms with Crippen LogP contribution in [-0.4, -0.2) is 15.3 Å². The summed E-state index contributed by atoms with van der Waals surface area (Å²) in [6.07, 6.45) is 8.85. The molecule has 1 aromatic carbocycles. The number of oxazole rings is 1. The minimum atomic E-state index is -0.384. The Bertz CT molecular complexity index is 962. The molecule has 0 fully saturated rings. The number of carbonyl (C=O) groups is 1. The number of ketones is 1. The molecule has 0 amide bonds. The van der Waals surface area contributed by atoms with Crippen molar-refractivity contribution in [1.29, 1.82) is 0 Å². The second-order valence-corrected chi connectivity index (χ2v) is 5.25. The monoisotopic (exact) mass is 318 g/mol. The van der Waals surface area contributed by atoms with Gasteiger partial charge in [-0.2, -0.15) is 0 Å². The Morgan fingerprint density at radius 3 is 2.75 bits per heavy atom. The van der Waals surface area contributed by atoms with E-state index in [1.165, 1.54) is 29.1 Å². The largest absolute Gasteiger partial charge is 0.439 e. The van der Waals surface area contributed by atoms with Gasteiger partial charge in [0.05, 0.1) is 12.7 Å². The van der Waals surface area contributed by atoms with Crippen molar-refractivity contribution >= 4 is 5.78 Å². The molecule has 0 aliphatic carbocycles. The van der Waals surface area contributed by atoms with Crippen molar-refractivity contribution in [2.75, 3.05) is 0 Å². The minimum absolute atomic E-state index is 0.0149. The summed E-state index contributed by atoms with van der Waals surface area (Å²) in [5, 5.41) is 0. The number of Topliss-reactive ketones (excluding diaryl/α,β-unsaturated/α-hetero) is 1. The molecule has 0 spiro atoms. The Morgan fingerprint density at radius 1 is 1.21 bits per heavy atom. The Labute approximate surface area is 138 Å². The van der Waals surface area contributed by atoms with Gasteiger partial charge in [-0.3, -0.25) is 9.59 Å². The number of nitrogens with zero attached hydrogens (tertiary/aromatic N) is 2. The number of aromatic nitrogens is 2. The highest BCUT2D eigenvalue weighted by atomic mass is 16.4. The SMILES string of the molecule is C#Cc1ccc(=O)n(CC(=O)c2ncc(Cc3ccccc3)o2)c1. The van der Waals surface area contributed by atoms with Crippen LogP contribution in [0.25, 0.3) is 0 Å². The van der Waals surface area contributed by atoms with Crippen molar-refractivity contribution < 1.29 is 9.21 Å². The van der Waals surface area contributed by atoms with E-state index in [-0.39, 0.29) is 23.8 Å². The van der Waals surface area contributed by atoms with Crippen molar-refractivity contribution in [1.82, 2.24) is 9.55 Å². The molecule has 5 heteroatoms. The average Bonchev–Trinajstić information content (AvgIpc) is 3.06. The van der Waals surface area contributed by atoms with E-state index in [2.05, 4.69) is 10.9 Å². The summed E-state index contributed by atoms with van der Waals surface area (Å²) in [6.45, 7) is -0.167. The molecule has 2 aromatic heterocycles. The van der Waals surface area contributed by atoms with E-state index in [0.717, 1.165) is 5.56 Å². The zero-order valence-electron chi connectivity index (χ0n) is 12.8. The van der Waals surface area contributed by atoms with E-state index >= 15 is 0 Å². The van der Waals surface area contributed by atoms with Crippen LogP contribution in [-0.2, 0) is 13.0 Å². The predicted molar refractivity (Wildman–Crippen MR) is 88.7 cm³/mol. The molecule has 0 unspecified atom stereocenters. The third kappa shape index (κ3) is 3.50. The summed E-state index contributed by atoms with van der Waals surface area (Å²) in [4.78, 5) is 28.1. The summed E-state index contributed by atoms with van der Waals surface area (Å²) in [5.41, 5.74) is 1.28. The molecule has 0 bridgehead atoms. The fourth-order valence-electron chi connectivity index (χ4n) is 2.28. The van der Waals surface area contributed by atoms with Crippen molar-refractivity contribution in [2.24, 2.45) is 0 Å². The second-order valence-electron chi connectivity index (χ2n) is 5.25. The number of carbonyl (C=O) groups excluding carboxylic acids is 1. The van der Waals surface area contributed by atoms with Gasteiger partial charge in [0.15, 0.2) is 0 Å². The van der Waals surface area contributed by atoms with Gasteiger partial charge in [-0.15, -0.1) is 6.42 Å². The van der Waals surface area contributed by atoms with Gasteiger partial charge in [0.1, 0.15) is 5.76 Å². The third-order valence-electron chi connectivity index (χ3n) is 3.48. The van der Waals surface area contributed by atoms with Gasteiger partial charge in [-0.1, -0.05) is 36.3 Å². The third-order valence-corrected chi connectivity index (χ3v) is 3.48. The van der Waals surface area contributed by atoms with E-state index in [1.54, 1.807) is 0 Å². The van der Waals surface area contributed by atoms with Gasteiger partial charge in [-0.25, -0.2) is 4.98 Å². The van der Waals surface area contributed by atoms with Crippen molar-refractivity contribution in [3.05, 3.63) is 88.0 Å². The van der Waals surface area contributed by atoms with Crippen LogP contribution in [0.15, 0.2) is 64.1 Å². The van der Waals surface area contributed by atoms with Crippen LogP contribution in [0.5, 0.6) is 0 Å². The molecule has 0 saturated heterocycles. The van der Waals surface area contributed by atoms with Gasteiger partial charge in [-0.05, 0) is 11.6 Å². The van der Waals surface area contributed by atoms with Crippen LogP contribution in [0, 0.1) is 12.3 Å². The summed E-state index contributed by atoms with van der Waals surface area (Å²) in [6, 6.07) is 12.6. The highest BCUT2D eigenvalue weighted by Gasteiger charge is 2.15. The number of terminal acetylenes is 1. The Kier molecular flexibility index (Phi) is 4.39. The van der Waals surface area contributed by atoms with Crippen LogP contribution in [0.1, 0.15) is 27.6 Å². The Balaban J connectivity index is 1.75. The van der Waals surface area contributed by atoms with Crippen LogP contribution >= 0.6 is 0 Å². The van der Waals surface area contributed by atoms with Crippen LogP contribution in [0.4, 0.5) is 0 Å². The molecule has 24 heavy (non-hydrogen) atoms. The number of hydrogen-bond acceptors (Lipinski definition) is 4. The molecule has 0 N–H and O–H groups in total. The first-order chi connectivity index (χ1) is 11.7. The standard InChI is InChI=1S/C19H14N2O3/c1-2-14-8-9-18(23)21(12-14)13-17(22)19-20-11-16(24-19)10-15-6-4-3-5-7-15/h1,3-9,11-12H,10,13H2.